The first kappa shape index (κ1) is 15.3. The Hall–Kier alpha value is -3.21. The van der Waals surface area contributed by atoms with Gasteiger partial charge in [0, 0.05) is 30.2 Å². The standard InChI is InChI=1S/C20H17N3O2/c24-19-12-14(13-23(19)15-6-2-1-3-7-15)20(25)22-18-10-4-9-17-16(18)8-5-11-21-17/h1-11,14H,12-13H2,(H,22,25). The molecule has 1 saturated heterocycles. The summed E-state index contributed by atoms with van der Waals surface area (Å²) in [5.41, 5.74) is 2.38. The number of rotatable bonds is 3. The van der Waals surface area contributed by atoms with Gasteiger partial charge in [-0.25, -0.2) is 0 Å². The molecule has 0 spiro atoms. The van der Waals surface area contributed by atoms with Gasteiger partial charge in [-0.15, -0.1) is 0 Å². The van der Waals surface area contributed by atoms with Crippen molar-refractivity contribution in [1.82, 2.24) is 4.98 Å². The lowest BCUT2D eigenvalue weighted by atomic mass is 10.1. The Morgan fingerprint density at radius 3 is 2.72 bits per heavy atom. The third-order valence-electron chi connectivity index (χ3n) is 4.47. The Kier molecular flexibility index (Phi) is 3.90. The van der Waals surface area contributed by atoms with Gasteiger partial charge in [-0.1, -0.05) is 24.3 Å². The fourth-order valence-corrected chi connectivity index (χ4v) is 3.19. The molecule has 0 aliphatic carbocycles. The SMILES string of the molecule is O=C(Nc1cccc2ncccc12)C1CC(=O)N(c2ccccc2)C1. The summed E-state index contributed by atoms with van der Waals surface area (Å²) in [5.74, 6) is -0.520. The van der Waals surface area contributed by atoms with Crippen molar-refractivity contribution >= 4 is 34.1 Å². The summed E-state index contributed by atoms with van der Waals surface area (Å²) in [4.78, 5) is 30.9. The molecule has 2 heterocycles. The molecule has 0 bridgehead atoms. The molecule has 1 fully saturated rings. The van der Waals surface area contributed by atoms with Crippen molar-refractivity contribution in [3.63, 3.8) is 0 Å². The van der Waals surface area contributed by atoms with Gasteiger partial charge in [0.1, 0.15) is 0 Å². The molecule has 3 aromatic rings. The van der Waals surface area contributed by atoms with Crippen molar-refractivity contribution in [1.29, 1.82) is 0 Å². The predicted molar refractivity (Wildman–Crippen MR) is 97.3 cm³/mol. The van der Waals surface area contributed by atoms with Gasteiger partial charge in [-0.2, -0.15) is 0 Å². The van der Waals surface area contributed by atoms with Gasteiger partial charge in [-0.05, 0) is 36.4 Å². The number of benzene rings is 2. The molecule has 5 nitrogen and oxygen atoms in total. The molecule has 0 radical (unpaired) electrons. The van der Waals surface area contributed by atoms with E-state index in [1.54, 1.807) is 11.1 Å². The minimum absolute atomic E-state index is 0.0223. The number of fused-ring (bicyclic) bond motifs is 1. The Morgan fingerprint density at radius 2 is 1.88 bits per heavy atom. The molecule has 1 aliphatic heterocycles. The van der Waals surface area contributed by atoms with Crippen LogP contribution in [-0.2, 0) is 9.59 Å². The summed E-state index contributed by atoms with van der Waals surface area (Å²) in [6.07, 6.45) is 1.95. The Morgan fingerprint density at radius 1 is 1.04 bits per heavy atom. The molecule has 1 N–H and O–H groups in total. The zero-order valence-electron chi connectivity index (χ0n) is 13.6. The van der Waals surface area contributed by atoms with Crippen molar-refractivity contribution in [2.45, 2.75) is 6.42 Å². The maximum Gasteiger partial charge on any atom is 0.229 e. The minimum Gasteiger partial charge on any atom is -0.325 e. The Labute approximate surface area is 145 Å². The third-order valence-corrected chi connectivity index (χ3v) is 4.47. The van der Waals surface area contributed by atoms with Crippen molar-refractivity contribution < 1.29 is 9.59 Å². The van der Waals surface area contributed by atoms with E-state index in [9.17, 15) is 9.59 Å². The van der Waals surface area contributed by atoms with Gasteiger partial charge in [-0.3, -0.25) is 14.6 Å². The van der Waals surface area contributed by atoms with Crippen LogP contribution in [0.3, 0.4) is 0 Å². The highest BCUT2D eigenvalue weighted by molar-refractivity contribution is 6.06. The average Bonchev–Trinajstić information content (AvgIpc) is 3.05. The fourth-order valence-electron chi connectivity index (χ4n) is 3.19. The summed E-state index contributed by atoms with van der Waals surface area (Å²) in [7, 11) is 0. The van der Waals surface area contributed by atoms with E-state index in [1.807, 2.05) is 60.7 Å². The van der Waals surface area contributed by atoms with Crippen LogP contribution in [0, 0.1) is 5.92 Å². The van der Waals surface area contributed by atoms with Crippen LogP contribution in [0.4, 0.5) is 11.4 Å². The van der Waals surface area contributed by atoms with Crippen LogP contribution in [0.5, 0.6) is 0 Å². The van der Waals surface area contributed by atoms with Crippen molar-refractivity contribution in [3.8, 4) is 0 Å². The van der Waals surface area contributed by atoms with E-state index in [0.717, 1.165) is 22.3 Å². The molecular formula is C20H17N3O2. The number of carbonyl (C=O) groups excluding carboxylic acids is 2. The maximum atomic E-state index is 12.7. The van der Waals surface area contributed by atoms with Crippen molar-refractivity contribution in [3.05, 3.63) is 66.9 Å². The number of hydrogen-bond donors (Lipinski definition) is 1. The summed E-state index contributed by atoms with van der Waals surface area (Å²) in [6.45, 7) is 0.400. The monoisotopic (exact) mass is 331 g/mol. The number of aromatic nitrogens is 1. The first-order valence-corrected chi connectivity index (χ1v) is 8.22. The number of anilines is 2. The smallest absolute Gasteiger partial charge is 0.229 e. The molecule has 1 atom stereocenters. The van der Waals surface area contributed by atoms with E-state index in [2.05, 4.69) is 10.3 Å². The van der Waals surface area contributed by atoms with Crippen LogP contribution >= 0.6 is 0 Å². The Bertz CT molecular complexity index is 935. The predicted octanol–water partition coefficient (Wildman–Crippen LogP) is 3.23. The van der Waals surface area contributed by atoms with E-state index in [0.29, 0.717) is 6.54 Å². The van der Waals surface area contributed by atoms with Crippen LogP contribution < -0.4 is 10.2 Å². The van der Waals surface area contributed by atoms with E-state index in [-0.39, 0.29) is 24.2 Å². The van der Waals surface area contributed by atoms with Gasteiger partial charge in [0.2, 0.25) is 11.8 Å². The molecule has 1 aromatic heterocycles. The second-order valence-electron chi connectivity index (χ2n) is 6.11. The molecule has 25 heavy (non-hydrogen) atoms. The molecule has 4 rings (SSSR count). The molecule has 124 valence electrons. The number of pyridine rings is 1. The topological polar surface area (TPSA) is 62.3 Å². The first-order valence-electron chi connectivity index (χ1n) is 8.22. The summed E-state index contributed by atoms with van der Waals surface area (Å²) >= 11 is 0. The van der Waals surface area contributed by atoms with Gasteiger partial charge in [0.05, 0.1) is 17.1 Å². The van der Waals surface area contributed by atoms with Crippen molar-refractivity contribution in [2.75, 3.05) is 16.8 Å². The minimum atomic E-state index is -0.361. The third kappa shape index (κ3) is 2.96. The van der Waals surface area contributed by atoms with Gasteiger partial charge in [0.15, 0.2) is 0 Å². The van der Waals surface area contributed by atoms with Crippen LogP contribution in [0.25, 0.3) is 10.9 Å². The first-order chi connectivity index (χ1) is 12.2. The molecule has 2 aromatic carbocycles. The summed E-state index contributed by atoms with van der Waals surface area (Å²) in [5, 5.41) is 3.85. The van der Waals surface area contributed by atoms with Gasteiger partial charge >= 0.3 is 0 Å². The molecule has 5 heteroatoms. The zero-order valence-corrected chi connectivity index (χ0v) is 13.6. The quantitative estimate of drug-likeness (QED) is 0.801. The second-order valence-corrected chi connectivity index (χ2v) is 6.11. The lowest BCUT2D eigenvalue weighted by Crippen LogP contribution is -2.28. The zero-order chi connectivity index (χ0) is 17.2. The highest BCUT2D eigenvalue weighted by Crippen LogP contribution is 2.27. The summed E-state index contributed by atoms with van der Waals surface area (Å²) < 4.78 is 0. The van der Waals surface area contributed by atoms with Crippen LogP contribution in [-0.4, -0.2) is 23.3 Å². The normalized spacial score (nSPS) is 17.0. The number of para-hydroxylation sites is 1. The Balaban J connectivity index is 1.53. The molecule has 0 saturated carbocycles. The van der Waals surface area contributed by atoms with E-state index in [1.165, 1.54) is 0 Å². The second kappa shape index (κ2) is 6.36. The van der Waals surface area contributed by atoms with Gasteiger partial charge in [0.25, 0.3) is 0 Å². The van der Waals surface area contributed by atoms with Crippen LogP contribution in [0.1, 0.15) is 6.42 Å². The van der Waals surface area contributed by atoms with E-state index < -0.39 is 0 Å². The maximum absolute atomic E-state index is 12.7. The number of nitrogens with zero attached hydrogens (tertiary/aromatic N) is 2. The highest BCUT2D eigenvalue weighted by atomic mass is 16.2. The number of carbonyl (C=O) groups is 2. The number of nitrogens with one attached hydrogen (secondary N) is 1. The molecule has 1 unspecified atom stereocenters. The molecular weight excluding hydrogens is 314 g/mol. The van der Waals surface area contributed by atoms with E-state index in [4.69, 9.17) is 0 Å². The van der Waals surface area contributed by atoms with Crippen molar-refractivity contribution in [2.24, 2.45) is 5.92 Å². The highest BCUT2D eigenvalue weighted by Gasteiger charge is 2.35. The van der Waals surface area contributed by atoms with Crippen LogP contribution in [0.2, 0.25) is 0 Å². The van der Waals surface area contributed by atoms with E-state index >= 15 is 0 Å². The van der Waals surface area contributed by atoms with Gasteiger partial charge < -0.3 is 10.2 Å². The lowest BCUT2D eigenvalue weighted by molar-refractivity contribution is -0.122. The van der Waals surface area contributed by atoms with Crippen LogP contribution in [0.15, 0.2) is 66.9 Å². The molecule has 2 amide bonds. The summed E-state index contributed by atoms with van der Waals surface area (Å²) in [6, 6.07) is 18.8. The molecule has 1 aliphatic rings. The largest absolute Gasteiger partial charge is 0.325 e. The lowest BCUT2D eigenvalue weighted by Gasteiger charge is -2.16. The number of hydrogen-bond acceptors (Lipinski definition) is 3. The fraction of sp³-hybridized carbons (Fsp3) is 0.150. The number of amides is 2. The average molecular weight is 331 g/mol.